The number of ether oxygens (including phenoxy) is 2. The van der Waals surface area contributed by atoms with Crippen LogP contribution in [0.25, 0.3) is 0 Å². The van der Waals surface area contributed by atoms with E-state index in [4.69, 9.17) is 9.47 Å². The van der Waals surface area contributed by atoms with Crippen molar-refractivity contribution in [3.05, 3.63) is 46.8 Å². The van der Waals surface area contributed by atoms with Gasteiger partial charge in [0.25, 0.3) is 5.91 Å². The van der Waals surface area contributed by atoms with Crippen LogP contribution in [0.1, 0.15) is 32.1 Å². The van der Waals surface area contributed by atoms with Crippen LogP contribution in [0, 0.1) is 13.8 Å². The number of nitrogens with one attached hydrogen (secondary N) is 2. The Morgan fingerprint density at radius 3 is 2.48 bits per heavy atom. The molecule has 1 atom stereocenters. The third-order valence-electron chi connectivity index (χ3n) is 4.84. The molecular formula is C20H23N3O5S. The molecule has 8 nitrogen and oxygen atoms in total. The molecule has 0 bridgehead atoms. The van der Waals surface area contributed by atoms with Crippen LogP contribution in [0.15, 0.2) is 24.3 Å². The fourth-order valence-electron chi connectivity index (χ4n) is 3.28. The second kappa shape index (κ2) is 8.60. The minimum absolute atomic E-state index is 0.261. The van der Waals surface area contributed by atoms with Crippen molar-refractivity contribution in [3.63, 3.8) is 0 Å². The Kier molecular flexibility index (Phi) is 6.17. The lowest BCUT2D eigenvalue weighted by Crippen LogP contribution is -2.44. The number of rotatable bonds is 5. The maximum absolute atomic E-state index is 13.1. The average Bonchev–Trinajstić information content (AvgIpc) is 3.32. The SMILES string of the molecule is COC(=O)c1c(C)[nH]c(C(=O)N2CSCC2C(=O)Nc2ccc(OC)cc2)c1C. The van der Waals surface area contributed by atoms with Crippen molar-refractivity contribution in [3.8, 4) is 5.75 Å². The van der Waals surface area contributed by atoms with E-state index in [1.807, 2.05) is 0 Å². The number of H-pyrrole nitrogens is 1. The predicted molar refractivity (Wildman–Crippen MR) is 111 cm³/mol. The van der Waals surface area contributed by atoms with E-state index in [0.29, 0.717) is 45.6 Å². The van der Waals surface area contributed by atoms with E-state index in [1.165, 1.54) is 23.8 Å². The monoisotopic (exact) mass is 417 g/mol. The number of aromatic amines is 1. The number of aryl methyl sites for hydroxylation is 1. The zero-order valence-electron chi connectivity index (χ0n) is 16.7. The zero-order chi connectivity index (χ0) is 21.1. The summed E-state index contributed by atoms with van der Waals surface area (Å²) in [6, 6.07) is 6.38. The Morgan fingerprint density at radius 2 is 1.86 bits per heavy atom. The lowest BCUT2D eigenvalue weighted by molar-refractivity contribution is -0.119. The first-order chi connectivity index (χ1) is 13.9. The summed E-state index contributed by atoms with van der Waals surface area (Å²) in [5, 5.41) is 2.84. The maximum atomic E-state index is 13.1. The molecule has 1 unspecified atom stereocenters. The van der Waals surface area contributed by atoms with Gasteiger partial charge in [0.15, 0.2) is 0 Å². The summed E-state index contributed by atoms with van der Waals surface area (Å²) in [5.74, 6) is 0.499. The molecule has 1 aliphatic rings. The van der Waals surface area contributed by atoms with Crippen molar-refractivity contribution in [1.29, 1.82) is 0 Å². The highest BCUT2D eigenvalue weighted by molar-refractivity contribution is 7.99. The van der Waals surface area contributed by atoms with Gasteiger partial charge in [-0.15, -0.1) is 11.8 Å². The van der Waals surface area contributed by atoms with Gasteiger partial charge in [0.2, 0.25) is 5.91 Å². The van der Waals surface area contributed by atoms with Crippen molar-refractivity contribution in [2.24, 2.45) is 0 Å². The van der Waals surface area contributed by atoms with Crippen LogP contribution >= 0.6 is 11.8 Å². The minimum atomic E-state index is -0.612. The summed E-state index contributed by atoms with van der Waals surface area (Å²) < 4.78 is 9.91. The van der Waals surface area contributed by atoms with Crippen molar-refractivity contribution >= 4 is 35.2 Å². The number of amides is 2. The van der Waals surface area contributed by atoms with Crippen LogP contribution < -0.4 is 10.1 Å². The molecule has 154 valence electrons. The number of carbonyl (C=O) groups is 3. The molecule has 0 spiro atoms. The second-order valence-corrected chi connectivity index (χ2v) is 7.62. The fraction of sp³-hybridized carbons (Fsp3) is 0.350. The van der Waals surface area contributed by atoms with Crippen LogP contribution in [-0.4, -0.2) is 59.6 Å². The van der Waals surface area contributed by atoms with E-state index in [1.54, 1.807) is 45.2 Å². The quantitative estimate of drug-likeness (QED) is 0.726. The van der Waals surface area contributed by atoms with Gasteiger partial charge in [0.1, 0.15) is 17.5 Å². The normalized spacial score (nSPS) is 15.9. The second-order valence-electron chi connectivity index (χ2n) is 6.62. The number of thioether (sulfide) groups is 1. The van der Waals surface area contributed by atoms with Gasteiger partial charge in [-0.2, -0.15) is 0 Å². The Labute approximate surface area is 172 Å². The molecule has 29 heavy (non-hydrogen) atoms. The number of nitrogens with zero attached hydrogens (tertiary/aromatic N) is 1. The molecule has 9 heteroatoms. The van der Waals surface area contributed by atoms with Gasteiger partial charge in [-0.1, -0.05) is 0 Å². The van der Waals surface area contributed by atoms with Gasteiger partial charge in [-0.05, 0) is 43.7 Å². The smallest absolute Gasteiger partial charge is 0.339 e. The highest BCUT2D eigenvalue weighted by Gasteiger charge is 2.37. The molecule has 1 aromatic carbocycles. The maximum Gasteiger partial charge on any atom is 0.339 e. The van der Waals surface area contributed by atoms with Crippen molar-refractivity contribution in [1.82, 2.24) is 9.88 Å². The van der Waals surface area contributed by atoms with Gasteiger partial charge < -0.3 is 24.7 Å². The Bertz CT molecular complexity index is 938. The third kappa shape index (κ3) is 4.09. The first kappa shape index (κ1) is 20.8. The lowest BCUT2D eigenvalue weighted by Gasteiger charge is -2.23. The molecule has 2 N–H and O–H groups in total. The number of aromatic nitrogens is 1. The summed E-state index contributed by atoms with van der Waals surface area (Å²) in [6.45, 7) is 3.40. The molecule has 0 aliphatic carbocycles. The van der Waals surface area contributed by atoms with Gasteiger partial charge >= 0.3 is 5.97 Å². The lowest BCUT2D eigenvalue weighted by atomic mass is 10.1. The molecule has 2 amide bonds. The summed E-state index contributed by atoms with van der Waals surface area (Å²) in [6.07, 6.45) is 0. The topological polar surface area (TPSA) is 101 Å². The van der Waals surface area contributed by atoms with E-state index < -0.39 is 12.0 Å². The minimum Gasteiger partial charge on any atom is -0.497 e. The molecule has 1 aliphatic heterocycles. The van der Waals surface area contributed by atoms with Gasteiger partial charge in [-0.3, -0.25) is 9.59 Å². The molecule has 1 saturated heterocycles. The number of methoxy groups -OCH3 is 2. The van der Waals surface area contributed by atoms with Crippen LogP contribution in [0.4, 0.5) is 5.69 Å². The number of anilines is 1. The van der Waals surface area contributed by atoms with Crippen molar-refractivity contribution in [2.75, 3.05) is 31.2 Å². The average molecular weight is 417 g/mol. The molecule has 2 aromatic rings. The number of hydrogen-bond donors (Lipinski definition) is 2. The summed E-state index contributed by atoms with van der Waals surface area (Å²) >= 11 is 1.50. The van der Waals surface area contributed by atoms with Crippen LogP contribution in [0.3, 0.4) is 0 Å². The van der Waals surface area contributed by atoms with Crippen LogP contribution in [0.2, 0.25) is 0 Å². The molecule has 0 saturated carbocycles. The number of esters is 1. The molecular weight excluding hydrogens is 394 g/mol. The molecule has 1 aromatic heterocycles. The zero-order valence-corrected chi connectivity index (χ0v) is 17.5. The Hall–Kier alpha value is -2.94. The summed E-state index contributed by atoms with van der Waals surface area (Å²) in [5.41, 5.74) is 2.35. The molecule has 3 rings (SSSR count). The summed E-state index contributed by atoms with van der Waals surface area (Å²) in [7, 11) is 2.87. The largest absolute Gasteiger partial charge is 0.497 e. The van der Waals surface area contributed by atoms with Crippen molar-refractivity contribution < 1.29 is 23.9 Å². The van der Waals surface area contributed by atoms with Crippen molar-refractivity contribution in [2.45, 2.75) is 19.9 Å². The van der Waals surface area contributed by atoms with Gasteiger partial charge in [-0.25, -0.2) is 4.79 Å². The third-order valence-corrected chi connectivity index (χ3v) is 5.86. The predicted octanol–water partition coefficient (Wildman–Crippen LogP) is 2.58. The Morgan fingerprint density at radius 1 is 1.17 bits per heavy atom. The first-order valence-corrected chi connectivity index (χ1v) is 10.1. The molecule has 2 heterocycles. The van der Waals surface area contributed by atoms with E-state index in [9.17, 15) is 14.4 Å². The first-order valence-electron chi connectivity index (χ1n) is 8.98. The standard InChI is InChI=1S/C20H23N3O5S/c1-11-16(20(26)28-4)12(2)21-17(11)19(25)23-10-29-9-15(23)18(24)22-13-5-7-14(27-3)8-6-13/h5-8,15,21H,9-10H2,1-4H3,(H,22,24). The van der Waals surface area contributed by atoms with E-state index in [0.717, 1.165) is 0 Å². The number of benzene rings is 1. The van der Waals surface area contributed by atoms with Gasteiger partial charge in [0, 0.05) is 17.1 Å². The van der Waals surface area contributed by atoms with E-state index in [2.05, 4.69) is 10.3 Å². The number of carbonyl (C=O) groups excluding carboxylic acids is 3. The number of hydrogen-bond acceptors (Lipinski definition) is 6. The van der Waals surface area contributed by atoms with E-state index in [-0.39, 0.29) is 11.8 Å². The highest BCUT2D eigenvalue weighted by Crippen LogP contribution is 2.27. The van der Waals surface area contributed by atoms with Crippen LogP contribution in [-0.2, 0) is 9.53 Å². The highest BCUT2D eigenvalue weighted by atomic mass is 32.2. The summed E-state index contributed by atoms with van der Waals surface area (Å²) in [4.78, 5) is 42.4. The van der Waals surface area contributed by atoms with E-state index >= 15 is 0 Å². The fourth-order valence-corrected chi connectivity index (χ4v) is 4.43. The van der Waals surface area contributed by atoms with Crippen LogP contribution in [0.5, 0.6) is 5.75 Å². The van der Waals surface area contributed by atoms with Gasteiger partial charge in [0.05, 0.1) is 25.7 Å². The Balaban J connectivity index is 1.78. The molecule has 0 radical (unpaired) electrons. The molecule has 1 fully saturated rings.